The van der Waals surface area contributed by atoms with Crippen molar-refractivity contribution in [3.63, 3.8) is 0 Å². The van der Waals surface area contributed by atoms with Crippen LogP contribution in [-0.2, 0) is 0 Å². The number of hydrogen-bond acceptors (Lipinski definition) is 2. The fourth-order valence-corrected chi connectivity index (χ4v) is 2.06. The Morgan fingerprint density at radius 2 is 1.63 bits per heavy atom. The monoisotopic (exact) mass is 277 g/mol. The van der Waals surface area contributed by atoms with E-state index in [1.54, 1.807) is 4.90 Å². The summed E-state index contributed by atoms with van der Waals surface area (Å²) < 4.78 is 0. The van der Waals surface area contributed by atoms with Crippen LogP contribution in [0.4, 0.5) is 0 Å². The van der Waals surface area contributed by atoms with Crippen molar-refractivity contribution in [3.05, 3.63) is 53.3 Å². The van der Waals surface area contributed by atoms with Crippen LogP contribution in [-0.4, -0.2) is 34.1 Å². The highest BCUT2D eigenvalue weighted by molar-refractivity contribution is 6.33. The van der Waals surface area contributed by atoms with Gasteiger partial charge in [-0.3, -0.25) is 9.89 Å². The quantitative estimate of drug-likeness (QED) is 0.871. The molecule has 1 amide bonds. The number of nitrogens with one attached hydrogen (secondary N) is 1. The molecular weight excluding hydrogens is 262 g/mol. The number of hydrogen-bond donors (Lipinski definition) is 1. The summed E-state index contributed by atoms with van der Waals surface area (Å²) in [6.45, 7) is 1.66. The van der Waals surface area contributed by atoms with Crippen molar-refractivity contribution in [1.82, 2.24) is 15.1 Å². The summed E-state index contributed by atoms with van der Waals surface area (Å²) in [6, 6.07) is 12.0. The number of nitrogens with zero attached hydrogens (tertiary/aromatic N) is 2. The Morgan fingerprint density at radius 3 is 2.05 bits per heavy atom. The van der Waals surface area contributed by atoms with E-state index in [1.807, 2.05) is 36.4 Å². The highest BCUT2D eigenvalue weighted by Gasteiger charge is 2.22. The van der Waals surface area contributed by atoms with E-state index in [0.717, 1.165) is 25.9 Å². The van der Waals surface area contributed by atoms with Gasteiger partial charge in [0.2, 0.25) is 0 Å². The highest BCUT2D eigenvalue weighted by atomic mass is 35.5. The molecule has 1 aromatic heterocycles. The Bertz CT molecular complexity index is 480. The zero-order valence-corrected chi connectivity index (χ0v) is 11.3. The van der Waals surface area contributed by atoms with E-state index in [1.165, 1.54) is 6.20 Å². The third-order valence-corrected chi connectivity index (χ3v) is 3.15. The van der Waals surface area contributed by atoms with E-state index < -0.39 is 0 Å². The van der Waals surface area contributed by atoms with Crippen LogP contribution in [0.25, 0.3) is 0 Å². The molecule has 0 unspecified atom stereocenters. The summed E-state index contributed by atoms with van der Waals surface area (Å²) in [6.07, 6.45) is 3.61. The molecule has 1 aromatic carbocycles. The normalized spacial score (nSPS) is 13.8. The fraction of sp³-hybridized carbons (Fsp3) is 0.286. The van der Waals surface area contributed by atoms with E-state index in [9.17, 15) is 4.79 Å². The molecule has 0 saturated carbocycles. The van der Waals surface area contributed by atoms with Gasteiger partial charge in [-0.2, -0.15) is 5.10 Å². The summed E-state index contributed by atoms with van der Waals surface area (Å²) in [5, 5.41) is 6.72. The van der Waals surface area contributed by atoms with Gasteiger partial charge in [0, 0.05) is 13.1 Å². The highest BCUT2D eigenvalue weighted by Crippen LogP contribution is 2.17. The largest absolute Gasteiger partial charge is 0.337 e. The second kappa shape index (κ2) is 6.95. The smallest absolute Gasteiger partial charge is 0.273 e. The average Bonchev–Trinajstić information content (AvgIpc) is 3.12. The molecule has 0 atom stereocenters. The fourth-order valence-electron chi connectivity index (χ4n) is 1.88. The average molecular weight is 278 g/mol. The molecule has 1 aliphatic heterocycles. The van der Waals surface area contributed by atoms with E-state index in [2.05, 4.69) is 10.2 Å². The van der Waals surface area contributed by atoms with E-state index in [0.29, 0.717) is 10.7 Å². The molecule has 19 heavy (non-hydrogen) atoms. The molecule has 1 fully saturated rings. The molecule has 0 spiro atoms. The number of benzene rings is 1. The van der Waals surface area contributed by atoms with Gasteiger partial charge in [0.15, 0.2) is 0 Å². The number of halogens is 1. The van der Waals surface area contributed by atoms with Crippen LogP contribution in [0.1, 0.15) is 23.3 Å². The third-order valence-electron chi connectivity index (χ3n) is 2.87. The summed E-state index contributed by atoms with van der Waals surface area (Å²) in [5.41, 5.74) is 0.406. The Hall–Kier alpha value is -1.81. The lowest BCUT2D eigenvalue weighted by Crippen LogP contribution is -2.28. The maximum Gasteiger partial charge on any atom is 0.273 e. The first-order valence-electron chi connectivity index (χ1n) is 6.27. The van der Waals surface area contributed by atoms with Crippen molar-refractivity contribution in [3.8, 4) is 0 Å². The first kappa shape index (κ1) is 13.6. The number of aromatic amines is 1. The number of H-pyrrole nitrogens is 1. The minimum atomic E-state index is -0.0417. The van der Waals surface area contributed by atoms with E-state index in [4.69, 9.17) is 11.6 Å². The summed E-state index contributed by atoms with van der Waals surface area (Å²) >= 11 is 5.77. The van der Waals surface area contributed by atoms with Crippen molar-refractivity contribution in [2.75, 3.05) is 13.1 Å². The van der Waals surface area contributed by atoms with Crippen molar-refractivity contribution in [2.24, 2.45) is 0 Å². The molecule has 2 aromatic rings. The molecule has 3 rings (SSSR count). The molecule has 100 valence electrons. The van der Waals surface area contributed by atoms with Gasteiger partial charge >= 0.3 is 0 Å². The van der Waals surface area contributed by atoms with Crippen molar-refractivity contribution in [1.29, 1.82) is 0 Å². The molecular formula is C14H16ClN3O. The van der Waals surface area contributed by atoms with Gasteiger partial charge in [-0.05, 0) is 12.8 Å². The van der Waals surface area contributed by atoms with Gasteiger partial charge < -0.3 is 4.90 Å². The predicted octanol–water partition coefficient (Wildman–Crippen LogP) is 2.99. The van der Waals surface area contributed by atoms with Crippen LogP contribution in [0.15, 0.2) is 42.6 Å². The van der Waals surface area contributed by atoms with Crippen LogP contribution in [0, 0.1) is 0 Å². The summed E-state index contributed by atoms with van der Waals surface area (Å²) in [4.78, 5) is 13.5. The molecule has 0 aliphatic carbocycles. The van der Waals surface area contributed by atoms with Crippen molar-refractivity contribution < 1.29 is 4.79 Å². The van der Waals surface area contributed by atoms with Crippen LogP contribution >= 0.6 is 11.6 Å². The zero-order valence-electron chi connectivity index (χ0n) is 10.6. The molecule has 1 N–H and O–H groups in total. The Labute approximate surface area is 117 Å². The van der Waals surface area contributed by atoms with E-state index in [-0.39, 0.29) is 5.91 Å². The van der Waals surface area contributed by atoms with Crippen LogP contribution in [0.3, 0.4) is 0 Å². The van der Waals surface area contributed by atoms with Crippen molar-refractivity contribution in [2.45, 2.75) is 12.8 Å². The molecule has 1 saturated heterocycles. The maximum absolute atomic E-state index is 11.7. The maximum atomic E-state index is 11.7. The van der Waals surface area contributed by atoms with Crippen LogP contribution < -0.4 is 0 Å². The molecule has 0 bridgehead atoms. The van der Waals surface area contributed by atoms with Crippen LogP contribution in [0.5, 0.6) is 0 Å². The second-order valence-corrected chi connectivity index (χ2v) is 4.65. The van der Waals surface area contributed by atoms with Gasteiger partial charge in [0.1, 0.15) is 5.69 Å². The predicted molar refractivity (Wildman–Crippen MR) is 75.2 cm³/mol. The molecule has 1 aliphatic rings. The van der Waals surface area contributed by atoms with Crippen molar-refractivity contribution >= 4 is 17.5 Å². The standard InChI is InChI=1S/C8H10ClN3O.C6H6/c9-6-5-10-11-7(6)8(13)12-3-1-2-4-12;1-2-4-6-5-3-1/h5H,1-4H2,(H,10,11);1-6H. The molecule has 2 heterocycles. The summed E-state index contributed by atoms with van der Waals surface area (Å²) in [5.74, 6) is -0.0417. The lowest BCUT2D eigenvalue weighted by Gasteiger charge is -2.13. The topological polar surface area (TPSA) is 49.0 Å². The molecule has 4 nitrogen and oxygen atoms in total. The lowest BCUT2D eigenvalue weighted by atomic mass is 10.4. The first-order valence-corrected chi connectivity index (χ1v) is 6.65. The zero-order chi connectivity index (χ0) is 13.5. The van der Waals surface area contributed by atoms with Gasteiger partial charge in [-0.15, -0.1) is 0 Å². The SMILES string of the molecule is O=C(c1[nH]ncc1Cl)N1CCCC1.c1ccccc1. The van der Waals surface area contributed by atoms with Crippen LogP contribution in [0.2, 0.25) is 5.02 Å². The third kappa shape index (κ3) is 3.83. The number of rotatable bonds is 1. The summed E-state index contributed by atoms with van der Waals surface area (Å²) in [7, 11) is 0. The number of amides is 1. The van der Waals surface area contributed by atoms with Gasteiger partial charge in [0.25, 0.3) is 5.91 Å². The lowest BCUT2D eigenvalue weighted by molar-refractivity contribution is 0.0787. The number of likely N-dealkylation sites (tertiary alicyclic amines) is 1. The Kier molecular flexibility index (Phi) is 4.98. The minimum absolute atomic E-state index is 0.0417. The number of aromatic nitrogens is 2. The van der Waals surface area contributed by atoms with Gasteiger partial charge in [-0.25, -0.2) is 0 Å². The Morgan fingerprint density at radius 1 is 1.11 bits per heavy atom. The molecule has 5 heteroatoms. The Balaban J connectivity index is 0.000000186. The molecule has 0 radical (unpaired) electrons. The van der Waals surface area contributed by atoms with Gasteiger partial charge in [-0.1, -0.05) is 48.0 Å². The van der Waals surface area contributed by atoms with E-state index >= 15 is 0 Å². The second-order valence-electron chi connectivity index (χ2n) is 4.25. The minimum Gasteiger partial charge on any atom is -0.337 e. The van der Waals surface area contributed by atoms with Gasteiger partial charge in [0.05, 0.1) is 11.2 Å². The first-order chi connectivity index (χ1) is 9.29. The number of carbonyl (C=O) groups excluding carboxylic acids is 1. The number of carbonyl (C=O) groups is 1.